The molecule has 0 radical (unpaired) electrons. The fourth-order valence-electron chi connectivity index (χ4n) is 3.16. The monoisotopic (exact) mass is 333 g/mol. The Labute approximate surface area is 146 Å². The van der Waals surface area contributed by atoms with Gasteiger partial charge in [-0.25, -0.2) is 0 Å². The van der Waals surface area contributed by atoms with Gasteiger partial charge in [-0.1, -0.05) is 19.9 Å². The van der Waals surface area contributed by atoms with Crippen molar-refractivity contribution in [2.45, 2.75) is 26.7 Å². The Kier molecular flexibility index (Phi) is 7.37. The summed E-state index contributed by atoms with van der Waals surface area (Å²) in [6.45, 7) is 10.3. The highest BCUT2D eigenvalue weighted by Gasteiger charge is 2.21. The molecule has 0 atom stereocenters. The molecule has 1 fully saturated rings. The van der Waals surface area contributed by atoms with Gasteiger partial charge in [-0.15, -0.1) is 0 Å². The molecule has 2 rings (SSSR count). The zero-order valence-electron chi connectivity index (χ0n) is 15.3. The van der Waals surface area contributed by atoms with Gasteiger partial charge in [0.1, 0.15) is 5.75 Å². The first-order valence-electron chi connectivity index (χ1n) is 9.07. The van der Waals surface area contributed by atoms with Crippen LogP contribution in [0.4, 0.5) is 5.69 Å². The second-order valence-electron chi connectivity index (χ2n) is 6.35. The second-order valence-corrected chi connectivity index (χ2v) is 6.35. The fourth-order valence-corrected chi connectivity index (χ4v) is 3.16. The molecule has 1 heterocycles. The van der Waals surface area contributed by atoms with E-state index in [9.17, 15) is 4.79 Å². The van der Waals surface area contributed by atoms with Gasteiger partial charge < -0.3 is 14.5 Å². The van der Waals surface area contributed by atoms with Crippen LogP contribution in [0, 0.1) is 0 Å². The molecule has 0 aromatic heterocycles. The number of methoxy groups -OCH3 is 1. The molecule has 5 heteroatoms. The predicted molar refractivity (Wildman–Crippen MR) is 98.8 cm³/mol. The summed E-state index contributed by atoms with van der Waals surface area (Å²) in [7, 11) is 1.70. The maximum absolute atomic E-state index is 12.5. The van der Waals surface area contributed by atoms with Crippen molar-refractivity contribution in [3.63, 3.8) is 0 Å². The number of ether oxygens (including phenoxy) is 1. The molecular weight excluding hydrogens is 302 g/mol. The van der Waals surface area contributed by atoms with Crippen molar-refractivity contribution >= 4 is 11.6 Å². The maximum Gasteiger partial charge on any atom is 0.236 e. The zero-order valence-corrected chi connectivity index (χ0v) is 15.3. The van der Waals surface area contributed by atoms with E-state index in [2.05, 4.69) is 35.8 Å². The standard InChI is InChI=1S/C19H31N3O2/c1-4-9-22(10-5-2)19(23)16-20-11-13-21(14-12-20)17-7-6-8-18(15-17)24-3/h6-8,15H,4-5,9-14,16H2,1-3H3. The number of anilines is 1. The molecule has 1 aliphatic heterocycles. The molecule has 1 aromatic carbocycles. The van der Waals surface area contributed by atoms with Gasteiger partial charge in [0.05, 0.1) is 13.7 Å². The van der Waals surface area contributed by atoms with E-state index in [4.69, 9.17) is 4.74 Å². The summed E-state index contributed by atoms with van der Waals surface area (Å²) < 4.78 is 5.30. The number of amides is 1. The van der Waals surface area contributed by atoms with Gasteiger partial charge in [0.15, 0.2) is 0 Å². The quantitative estimate of drug-likeness (QED) is 0.732. The number of nitrogens with zero attached hydrogens (tertiary/aromatic N) is 3. The van der Waals surface area contributed by atoms with Gasteiger partial charge in [-0.2, -0.15) is 0 Å². The Bertz CT molecular complexity index is 507. The van der Waals surface area contributed by atoms with Crippen LogP contribution in [0.25, 0.3) is 0 Å². The van der Waals surface area contributed by atoms with Gasteiger partial charge in [-0.05, 0) is 25.0 Å². The van der Waals surface area contributed by atoms with Crippen molar-refractivity contribution in [3.05, 3.63) is 24.3 Å². The van der Waals surface area contributed by atoms with Crippen LogP contribution in [0.15, 0.2) is 24.3 Å². The fraction of sp³-hybridized carbons (Fsp3) is 0.632. The highest BCUT2D eigenvalue weighted by molar-refractivity contribution is 5.78. The molecule has 24 heavy (non-hydrogen) atoms. The lowest BCUT2D eigenvalue weighted by molar-refractivity contribution is -0.132. The first kappa shape index (κ1) is 18.6. The first-order chi connectivity index (χ1) is 11.7. The molecular formula is C19H31N3O2. The van der Waals surface area contributed by atoms with E-state index >= 15 is 0 Å². The van der Waals surface area contributed by atoms with E-state index in [1.165, 1.54) is 5.69 Å². The summed E-state index contributed by atoms with van der Waals surface area (Å²) in [5, 5.41) is 0. The van der Waals surface area contributed by atoms with E-state index in [-0.39, 0.29) is 5.91 Å². The minimum atomic E-state index is 0.272. The average molecular weight is 333 g/mol. The SMILES string of the molecule is CCCN(CCC)C(=O)CN1CCN(c2cccc(OC)c2)CC1. The number of carbonyl (C=O) groups excluding carboxylic acids is 1. The number of carbonyl (C=O) groups is 1. The summed E-state index contributed by atoms with van der Waals surface area (Å²) >= 11 is 0. The third kappa shape index (κ3) is 5.13. The van der Waals surface area contributed by atoms with E-state index in [1.807, 2.05) is 17.0 Å². The van der Waals surface area contributed by atoms with Crippen LogP contribution < -0.4 is 9.64 Å². The Morgan fingerprint density at radius 3 is 2.38 bits per heavy atom. The zero-order chi connectivity index (χ0) is 17.4. The third-order valence-corrected chi connectivity index (χ3v) is 4.49. The van der Waals surface area contributed by atoms with Gasteiger partial charge in [0.25, 0.3) is 0 Å². The summed E-state index contributed by atoms with van der Waals surface area (Å²) in [6, 6.07) is 8.19. The van der Waals surface area contributed by atoms with Crippen LogP contribution in [0.5, 0.6) is 5.75 Å². The molecule has 0 N–H and O–H groups in total. The molecule has 0 aliphatic carbocycles. The van der Waals surface area contributed by atoms with Crippen LogP contribution in [0.3, 0.4) is 0 Å². The molecule has 0 bridgehead atoms. The van der Waals surface area contributed by atoms with Crippen molar-refractivity contribution in [1.29, 1.82) is 0 Å². The minimum absolute atomic E-state index is 0.272. The predicted octanol–water partition coefficient (Wildman–Crippen LogP) is 2.47. The Morgan fingerprint density at radius 1 is 1.12 bits per heavy atom. The van der Waals surface area contributed by atoms with Crippen LogP contribution >= 0.6 is 0 Å². The first-order valence-corrected chi connectivity index (χ1v) is 9.07. The number of rotatable bonds is 8. The van der Waals surface area contributed by atoms with Crippen LogP contribution in [0.1, 0.15) is 26.7 Å². The summed E-state index contributed by atoms with van der Waals surface area (Å²) in [4.78, 5) is 19.1. The number of benzene rings is 1. The normalized spacial score (nSPS) is 15.4. The largest absolute Gasteiger partial charge is 0.497 e. The van der Waals surface area contributed by atoms with Crippen molar-refractivity contribution < 1.29 is 9.53 Å². The molecule has 1 aliphatic rings. The van der Waals surface area contributed by atoms with E-state index in [0.29, 0.717) is 6.54 Å². The summed E-state index contributed by atoms with van der Waals surface area (Å²) in [5.74, 6) is 1.16. The molecule has 5 nitrogen and oxygen atoms in total. The average Bonchev–Trinajstić information content (AvgIpc) is 2.62. The minimum Gasteiger partial charge on any atom is -0.497 e. The van der Waals surface area contributed by atoms with Gasteiger partial charge in [0, 0.05) is 51.0 Å². The van der Waals surface area contributed by atoms with Crippen LogP contribution in [-0.4, -0.2) is 68.6 Å². The van der Waals surface area contributed by atoms with Crippen molar-refractivity contribution in [2.75, 3.05) is 57.8 Å². The number of hydrogen-bond donors (Lipinski definition) is 0. The third-order valence-electron chi connectivity index (χ3n) is 4.49. The molecule has 1 saturated heterocycles. The second kappa shape index (κ2) is 9.52. The van der Waals surface area contributed by atoms with Gasteiger partial charge in [0.2, 0.25) is 5.91 Å². The highest BCUT2D eigenvalue weighted by atomic mass is 16.5. The molecule has 0 spiro atoms. The molecule has 134 valence electrons. The highest BCUT2D eigenvalue weighted by Crippen LogP contribution is 2.22. The molecule has 0 saturated carbocycles. The lowest BCUT2D eigenvalue weighted by Crippen LogP contribution is -2.50. The van der Waals surface area contributed by atoms with E-state index in [1.54, 1.807) is 7.11 Å². The smallest absolute Gasteiger partial charge is 0.236 e. The Balaban J connectivity index is 1.84. The van der Waals surface area contributed by atoms with E-state index in [0.717, 1.165) is 57.9 Å². The molecule has 0 unspecified atom stereocenters. The summed E-state index contributed by atoms with van der Waals surface area (Å²) in [5.41, 5.74) is 1.19. The van der Waals surface area contributed by atoms with Crippen LogP contribution in [0.2, 0.25) is 0 Å². The lowest BCUT2D eigenvalue weighted by atomic mass is 10.2. The van der Waals surface area contributed by atoms with Gasteiger partial charge >= 0.3 is 0 Å². The number of hydrogen-bond acceptors (Lipinski definition) is 4. The molecule has 1 amide bonds. The summed E-state index contributed by atoms with van der Waals surface area (Å²) in [6.07, 6.45) is 2.05. The molecule has 1 aromatic rings. The van der Waals surface area contributed by atoms with Crippen LogP contribution in [-0.2, 0) is 4.79 Å². The van der Waals surface area contributed by atoms with E-state index < -0.39 is 0 Å². The van der Waals surface area contributed by atoms with Crippen molar-refractivity contribution in [3.8, 4) is 5.75 Å². The Hall–Kier alpha value is -1.75. The Morgan fingerprint density at radius 2 is 1.79 bits per heavy atom. The maximum atomic E-state index is 12.5. The topological polar surface area (TPSA) is 36.0 Å². The van der Waals surface area contributed by atoms with Crippen molar-refractivity contribution in [1.82, 2.24) is 9.80 Å². The lowest BCUT2D eigenvalue weighted by Gasteiger charge is -2.36. The number of piperazine rings is 1. The van der Waals surface area contributed by atoms with Gasteiger partial charge in [-0.3, -0.25) is 9.69 Å². The van der Waals surface area contributed by atoms with Crippen molar-refractivity contribution in [2.24, 2.45) is 0 Å².